The van der Waals surface area contributed by atoms with Crippen molar-refractivity contribution in [1.29, 1.82) is 0 Å². The maximum Gasteiger partial charge on any atom is 0.414 e. The molecule has 0 aliphatic rings. The Labute approximate surface area is 76.5 Å². The van der Waals surface area contributed by atoms with Crippen molar-refractivity contribution in [2.75, 3.05) is 12.4 Å². The summed E-state index contributed by atoms with van der Waals surface area (Å²) in [6.07, 6.45) is -0.581. The molecule has 0 spiro atoms. The molecule has 0 heterocycles. The normalized spacial score (nSPS) is 10.2. The Balaban J connectivity index is 0. The topological polar surface area (TPSA) is 9.23 Å². The summed E-state index contributed by atoms with van der Waals surface area (Å²) in [6, 6.07) is 0. The Bertz CT molecular complexity index is 73.0. The first-order valence-corrected chi connectivity index (χ1v) is 6.40. The first-order valence-electron chi connectivity index (χ1n) is 2.54. The summed E-state index contributed by atoms with van der Waals surface area (Å²) in [5, 5.41) is 0. The molecule has 0 aromatic heterocycles. The van der Waals surface area contributed by atoms with Crippen molar-refractivity contribution in [2.24, 2.45) is 0 Å². The number of hydrogen-bond donors (Lipinski definition) is 0. The van der Waals surface area contributed by atoms with Crippen LogP contribution in [-0.4, -0.2) is 12.4 Å². The van der Waals surface area contributed by atoms with Crippen molar-refractivity contribution in [3.8, 4) is 0 Å². The minimum absolute atomic E-state index is 0. The zero-order valence-corrected chi connectivity index (χ0v) is 8.92. The largest absolute Gasteiger partial charge is 0.414 e. The summed E-state index contributed by atoms with van der Waals surface area (Å²) >= 11 is 6.65. The third-order valence-electron chi connectivity index (χ3n) is 0.469. The fourth-order valence-electron chi connectivity index (χ4n) is 0.248. The van der Waals surface area contributed by atoms with Crippen molar-refractivity contribution < 1.29 is 21.0 Å². The summed E-state index contributed by atoms with van der Waals surface area (Å²) in [7, 11) is 0. The van der Waals surface area contributed by atoms with E-state index in [9.17, 15) is 0 Å². The third-order valence-corrected chi connectivity index (χ3v) is 4.40. The zero-order chi connectivity index (χ0) is 6.41. The summed E-state index contributed by atoms with van der Waals surface area (Å²) < 4.78 is 5.12. The molecule has 58 valence electrons. The molecule has 0 aromatic carbocycles. The minimum Gasteiger partial charge on any atom is -0.159 e. The van der Waals surface area contributed by atoms with Gasteiger partial charge >= 0.3 is 6.13 Å². The summed E-state index contributed by atoms with van der Waals surface area (Å²) in [5.74, 6) is 1.06. The fraction of sp³-hybridized carbons (Fsp3) is 1.00. The molecule has 0 radical (unpaired) electrons. The zero-order valence-electron chi connectivity index (χ0n) is 5.40. The summed E-state index contributed by atoms with van der Waals surface area (Å²) in [4.78, 5) is 0. The maximum atomic E-state index is 5.12. The van der Waals surface area contributed by atoms with Gasteiger partial charge in [0.1, 0.15) is 11.4 Å². The van der Waals surface area contributed by atoms with Gasteiger partial charge in [0.2, 0.25) is 11.8 Å². The molecular formula is C4H10NiOPS2+. The first-order chi connectivity index (χ1) is 3.81. The molecule has 0 aliphatic heterocycles. The fourth-order valence-corrected chi connectivity index (χ4v) is 3.18. The SMILES string of the molecule is CCO[P+](=S)SCC.[Ni]. The van der Waals surface area contributed by atoms with Crippen LogP contribution in [0.1, 0.15) is 13.8 Å². The van der Waals surface area contributed by atoms with Gasteiger partial charge in [-0.15, -0.1) is 0 Å². The Hall–Kier alpha value is 1.32. The third kappa shape index (κ3) is 9.32. The van der Waals surface area contributed by atoms with E-state index >= 15 is 0 Å². The Morgan fingerprint density at radius 1 is 1.56 bits per heavy atom. The predicted molar refractivity (Wildman–Crippen MR) is 44.0 cm³/mol. The second-order valence-electron chi connectivity index (χ2n) is 1.06. The number of hydrogen-bond acceptors (Lipinski definition) is 3. The number of rotatable bonds is 4. The molecule has 0 aliphatic carbocycles. The van der Waals surface area contributed by atoms with E-state index in [1.807, 2.05) is 6.92 Å². The van der Waals surface area contributed by atoms with Gasteiger partial charge in [-0.25, -0.2) is 0 Å². The molecule has 9 heavy (non-hydrogen) atoms. The average Bonchev–Trinajstić information content (AvgIpc) is 1.68. The molecule has 1 unspecified atom stereocenters. The van der Waals surface area contributed by atoms with E-state index < -0.39 is 6.13 Å². The quantitative estimate of drug-likeness (QED) is 0.540. The van der Waals surface area contributed by atoms with Crippen molar-refractivity contribution >= 4 is 29.3 Å². The Morgan fingerprint density at radius 2 is 2.11 bits per heavy atom. The molecule has 1 nitrogen and oxygen atoms in total. The average molecular weight is 228 g/mol. The van der Waals surface area contributed by atoms with Crippen molar-refractivity contribution in [3.05, 3.63) is 0 Å². The van der Waals surface area contributed by atoms with Gasteiger partial charge in [-0.2, -0.15) is 4.52 Å². The van der Waals surface area contributed by atoms with Crippen LogP contribution in [0.4, 0.5) is 0 Å². The van der Waals surface area contributed by atoms with Crippen LogP contribution in [-0.2, 0) is 32.8 Å². The van der Waals surface area contributed by atoms with Gasteiger partial charge in [-0.3, -0.25) is 0 Å². The van der Waals surface area contributed by atoms with Gasteiger partial charge in [0, 0.05) is 22.2 Å². The van der Waals surface area contributed by atoms with Crippen LogP contribution in [0.15, 0.2) is 0 Å². The second-order valence-corrected chi connectivity index (χ2v) is 6.06. The second kappa shape index (κ2) is 9.32. The van der Waals surface area contributed by atoms with Gasteiger partial charge in [-0.1, -0.05) is 6.92 Å². The van der Waals surface area contributed by atoms with Gasteiger partial charge in [0.25, 0.3) is 0 Å². The van der Waals surface area contributed by atoms with Crippen molar-refractivity contribution in [2.45, 2.75) is 13.8 Å². The van der Waals surface area contributed by atoms with Gasteiger partial charge in [-0.05, 0) is 6.92 Å². The molecule has 0 amide bonds. The van der Waals surface area contributed by atoms with Crippen LogP contribution in [0.25, 0.3) is 0 Å². The van der Waals surface area contributed by atoms with Crippen LogP contribution < -0.4 is 0 Å². The van der Waals surface area contributed by atoms with Gasteiger partial charge in [0.05, 0.1) is 6.61 Å². The van der Waals surface area contributed by atoms with Gasteiger partial charge < -0.3 is 0 Å². The molecule has 0 fully saturated rings. The molecule has 5 heteroatoms. The van der Waals surface area contributed by atoms with E-state index in [4.69, 9.17) is 16.3 Å². The molecule has 1 atom stereocenters. The van der Waals surface area contributed by atoms with Crippen molar-refractivity contribution in [1.82, 2.24) is 0 Å². The van der Waals surface area contributed by atoms with E-state index in [1.165, 1.54) is 0 Å². The molecule has 0 bridgehead atoms. The molecular weight excluding hydrogens is 218 g/mol. The Kier molecular flexibility index (Phi) is 13.4. The summed E-state index contributed by atoms with van der Waals surface area (Å²) in [5.41, 5.74) is 0. The van der Waals surface area contributed by atoms with E-state index in [-0.39, 0.29) is 16.5 Å². The molecule has 0 aromatic rings. The first kappa shape index (κ1) is 13.0. The van der Waals surface area contributed by atoms with E-state index in [0.29, 0.717) is 0 Å². The monoisotopic (exact) mass is 227 g/mol. The smallest absolute Gasteiger partial charge is 0.159 e. The van der Waals surface area contributed by atoms with Gasteiger partial charge in [0.15, 0.2) is 0 Å². The predicted octanol–water partition coefficient (Wildman–Crippen LogP) is 2.55. The maximum absolute atomic E-state index is 5.12. The Morgan fingerprint density at radius 3 is 2.44 bits per heavy atom. The van der Waals surface area contributed by atoms with Crippen LogP contribution in [0.2, 0.25) is 0 Å². The van der Waals surface area contributed by atoms with Crippen molar-refractivity contribution in [3.63, 3.8) is 0 Å². The van der Waals surface area contributed by atoms with E-state index in [0.717, 1.165) is 12.4 Å². The molecule has 0 N–H and O–H groups in total. The van der Waals surface area contributed by atoms with Crippen LogP contribution in [0.3, 0.4) is 0 Å². The van der Waals surface area contributed by atoms with Crippen LogP contribution in [0.5, 0.6) is 0 Å². The standard InChI is InChI=1S/C4H10OPS2.Ni/c1-3-5-6(7)8-4-2;/h3-4H2,1-2H3;/q+1;. The summed E-state index contributed by atoms with van der Waals surface area (Å²) in [6.45, 7) is 4.81. The molecule has 0 rings (SSSR count). The van der Waals surface area contributed by atoms with E-state index in [1.54, 1.807) is 11.4 Å². The van der Waals surface area contributed by atoms with Crippen LogP contribution in [0, 0.1) is 0 Å². The molecule has 0 saturated heterocycles. The minimum atomic E-state index is -0.581. The van der Waals surface area contributed by atoms with Crippen LogP contribution >= 0.6 is 17.5 Å². The molecule has 0 saturated carbocycles. The van der Waals surface area contributed by atoms with E-state index in [2.05, 4.69) is 6.92 Å².